The molecule has 9 aromatic carbocycles. The van der Waals surface area contributed by atoms with Crippen molar-refractivity contribution in [3.8, 4) is 0 Å². The van der Waals surface area contributed by atoms with Crippen LogP contribution >= 0.6 is 6.89 Å². The van der Waals surface area contributed by atoms with E-state index in [1.807, 2.05) is 0 Å². The lowest BCUT2D eigenvalue weighted by atomic mass is 9.66. The molecule has 0 unspecified atom stereocenters. The normalized spacial score (nSPS) is 13.7. The van der Waals surface area contributed by atoms with E-state index in [0.29, 0.717) is 12.3 Å². The first kappa shape index (κ1) is 37.2. The SMILES string of the molecule is C=N/C(=N\C1=C(Cc2ccccc2)C(c2ccccc2)(c2ccccc2)c2ccccc21)c1ccc(P(=C)(c2ccc3ccccc3c2)c2ccc3ccccc3c2)cc1. The van der Waals surface area contributed by atoms with Gasteiger partial charge in [0.15, 0.2) is 5.84 Å². The van der Waals surface area contributed by atoms with Gasteiger partial charge in [-0.05, 0) is 97.4 Å². The third kappa shape index (κ3) is 6.29. The van der Waals surface area contributed by atoms with Crippen molar-refractivity contribution >= 4 is 68.9 Å². The smallest absolute Gasteiger partial charge is 0.159 e. The van der Waals surface area contributed by atoms with Crippen LogP contribution in [0, 0.1) is 0 Å². The van der Waals surface area contributed by atoms with E-state index in [1.165, 1.54) is 65.3 Å². The highest BCUT2D eigenvalue weighted by atomic mass is 31.2. The minimum absolute atomic E-state index is 0.582. The Hall–Kier alpha value is -7.12. The molecular weight excluding hydrogens is 744 g/mol. The number of fused-ring (bicyclic) bond motifs is 3. The average Bonchev–Trinajstić information content (AvgIpc) is 3.59. The summed E-state index contributed by atoms with van der Waals surface area (Å²) in [5.74, 6) is 0.582. The predicted octanol–water partition coefficient (Wildman–Crippen LogP) is 12.2. The first-order valence-electron chi connectivity index (χ1n) is 20.4. The van der Waals surface area contributed by atoms with Crippen LogP contribution in [0.2, 0.25) is 0 Å². The lowest BCUT2D eigenvalue weighted by Crippen LogP contribution is -2.31. The maximum atomic E-state index is 5.57. The molecule has 0 spiro atoms. The van der Waals surface area contributed by atoms with Crippen LogP contribution < -0.4 is 15.9 Å². The molecule has 10 rings (SSSR count). The minimum Gasteiger partial charge on any atom is -0.245 e. The van der Waals surface area contributed by atoms with Crippen molar-refractivity contribution in [1.29, 1.82) is 0 Å². The van der Waals surface area contributed by atoms with Crippen molar-refractivity contribution in [2.75, 3.05) is 0 Å². The number of rotatable bonds is 9. The lowest BCUT2D eigenvalue weighted by Gasteiger charge is -2.35. The van der Waals surface area contributed by atoms with Gasteiger partial charge in [-0.1, -0.05) is 219 Å². The van der Waals surface area contributed by atoms with Gasteiger partial charge in [0, 0.05) is 11.1 Å². The van der Waals surface area contributed by atoms with Gasteiger partial charge in [0.25, 0.3) is 0 Å². The van der Waals surface area contributed by atoms with E-state index in [-0.39, 0.29) is 0 Å². The molecular formula is C57H43N2P. The van der Waals surface area contributed by atoms with E-state index in [0.717, 1.165) is 16.8 Å². The van der Waals surface area contributed by atoms with Crippen molar-refractivity contribution in [2.45, 2.75) is 11.8 Å². The van der Waals surface area contributed by atoms with E-state index in [9.17, 15) is 0 Å². The Kier molecular flexibility index (Phi) is 9.64. The first-order valence-corrected chi connectivity index (χ1v) is 22.4. The molecule has 0 saturated heterocycles. The van der Waals surface area contributed by atoms with Crippen LogP contribution in [0.15, 0.2) is 240 Å². The second-order valence-corrected chi connectivity index (χ2v) is 18.7. The summed E-state index contributed by atoms with van der Waals surface area (Å²) in [5.41, 5.74) is 8.40. The molecule has 286 valence electrons. The van der Waals surface area contributed by atoms with Gasteiger partial charge >= 0.3 is 0 Å². The maximum absolute atomic E-state index is 5.57. The van der Waals surface area contributed by atoms with Crippen LogP contribution in [0.3, 0.4) is 0 Å². The van der Waals surface area contributed by atoms with E-state index in [2.05, 4.69) is 236 Å². The van der Waals surface area contributed by atoms with Crippen molar-refractivity contribution in [3.63, 3.8) is 0 Å². The minimum atomic E-state index is -2.35. The summed E-state index contributed by atoms with van der Waals surface area (Å²) in [5, 5.41) is 8.51. The molecule has 1 aliphatic carbocycles. The molecule has 9 aromatic rings. The van der Waals surface area contributed by atoms with Gasteiger partial charge in [-0.15, -0.1) is 0 Å². The monoisotopic (exact) mass is 786 g/mol. The number of benzene rings is 9. The highest BCUT2D eigenvalue weighted by Gasteiger charge is 2.47. The fourth-order valence-corrected chi connectivity index (χ4v) is 12.2. The van der Waals surface area contributed by atoms with Gasteiger partial charge in [-0.2, -0.15) is 0 Å². The van der Waals surface area contributed by atoms with Gasteiger partial charge in [0.05, 0.1) is 11.1 Å². The molecule has 0 aromatic heterocycles. The molecule has 0 saturated carbocycles. The van der Waals surface area contributed by atoms with Crippen LogP contribution in [-0.2, 0) is 11.8 Å². The Labute approximate surface area is 352 Å². The fourth-order valence-electron chi connectivity index (χ4n) is 9.30. The van der Waals surface area contributed by atoms with Crippen molar-refractivity contribution in [2.24, 2.45) is 9.98 Å². The molecule has 0 fully saturated rings. The van der Waals surface area contributed by atoms with E-state index in [1.54, 1.807) is 0 Å². The van der Waals surface area contributed by atoms with Crippen LogP contribution in [0.1, 0.15) is 33.4 Å². The Bertz CT molecular complexity index is 3020. The number of aliphatic imine (C=N–C) groups is 2. The van der Waals surface area contributed by atoms with Gasteiger partial charge in [0.1, 0.15) is 0 Å². The summed E-state index contributed by atoms with van der Waals surface area (Å²) in [6.07, 6.45) is 5.86. The summed E-state index contributed by atoms with van der Waals surface area (Å²) >= 11 is 0. The first-order chi connectivity index (χ1) is 29.6. The number of hydrogen-bond donors (Lipinski definition) is 0. The molecule has 0 radical (unpaired) electrons. The summed E-state index contributed by atoms with van der Waals surface area (Å²) in [6.45, 7) is 1.77. The molecule has 0 bridgehead atoms. The fraction of sp³-hybridized carbons (Fsp3) is 0.0351. The van der Waals surface area contributed by atoms with Gasteiger partial charge in [-0.25, -0.2) is 9.98 Å². The highest BCUT2D eigenvalue weighted by Crippen LogP contribution is 2.56. The second-order valence-electron chi connectivity index (χ2n) is 15.5. The third-order valence-corrected chi connectivity index (χ3v) is 15.7. The van der Waals surface area contributed by atoms with Crippen LogP contribution in [-0.4, -0.2) is 18.9 Å². The summed E-state index contributed by atoms with van der Waals surface area (Å²) in [6, 6.07) is 80.9. The quantitative estimate of drug-likeness (QED) is 0.0791. The van der Waals surface area contributed by atoms with Crippen LogP contribution in [0.4, 0.5) is 0 Å². The van der Waals surface area contributed by atoms with E-state index >= 15 is 0 Å². The molecule has 0 N–H and O–H groups in total. The Morgan fingerprint density at radius 1 is 0.467 bits per heavy atom. The van der Waals surface area contributed by atoms with Crippen LogP contribution in [0.5, 0.6) is 0 Å². The van der Waals surface area contributed by atoms with Crippen molar-refractivity contribution in [1.82, 2.24) is 0 Å². The maximum Gasteiger partial charge on any atom is 0.159 e. The van der Waals surface area contributed by atoms with Gasteiger partial charge in [0.2, 0.25) is 0 Å². The molecule has 0 heterocycles. The standard InChI is InChI=1S/C57H43N2P/c1-58-56(44-32-34-49(35-33-44)60(2,50-36-30-42-20-12-14-22-45(42)39-50)51-37-31-43-21-13-15-23-46(43)40-51)59-55-52-28-16-17-29-53(52)57(47-24-8-4-9-25-47,48-26-10-5-11-27-48)54(55)38-41-18-6-3-7-19-41/h3-37,39-40H,1-2,38H2/b59-56-. The zero-order valence-corrected chi connectivity index (χ0v) is 34.2. The molecule has 0 amide bonds. The molecule has 2 nitrogen and oxygen atoms in total. The topological polar surface area (TPSA) is 24.7 Å². The van der Waals surface area contributed by atoms with Crippen molar-refractivity contribution in [3.05, 3.63) is 263 Å². The number of hydrogen-bond acceptors (Lipinski definition) is 1. The predicted molar refractivity (Wildman–Crippen MR) is 260 cm³/mol. The third-order valence-electron chi connectivity index (χ3n) is 12.2. The number of nitrogens with zero attached hydrogens (tertiary/aromatic N) is 2. The highest BCUT2D eigenvalue weighted by molar-refractivity contribution is 7.93. The van der Waals surface area contributed by atoms with Gasteiger partial charge < -0.3 is 0 Å². The van der Waals surface area contributed by atoms with E-state index < -0.39 is 12.3 Å². The Morgan fingerprint density at radius 3 is 1.48 bits per heavy atom. The zero-order valence-electron chi connectivity index (χ0n) is 33.3. The van der Waals surface area contributed by atoms with Gasteiger partial charge in [-0.3, -0.25) is 0 Å². The molecule has 3 heteroatoms. The molecule has 0 atom stereocenters. The average molecular weight is 787 g/mol. The zero-order chi connectivity index (χ0) is 40.5. The van der Waals surface area contributed by atoms with Crippen LogP contribution in [0.25, 0.3) is 27.2 Å². The summed E-state index contributed by atoms with van der Waals surface area (Å²) in [4.78, 5) is 10.2. The largest absolute Gasteiger partial charge is 0.245 e. The summed E-state index contributed by atoms with van der Waals surface area (Å²) < 4.78 is 0. The number of allylic oxidation sites excluding steroid dienone is 1. The molecule has 1 aliphatic rings. The van der Waals surface area contributed by atoms with Crippen molar-refractivity contribution < 1.29 is 0 Å². The Morgan fingerprint density at radius 2 is 0.933 bits per heavy atom. The summed E-state index contributed by atoms with van der Waals surface area (Å²) in [7, 11) is 0. The number of amidine groups is 1. The van der Waals surface area contributed by atoms with E-state index in [4.69, 9.17) is 11.3 Å². The molecule has 0 aliphatic heterocycles. The second kappa shape index (κ2) is 15.6. The molecule has 60 heavy (non-hydrogen) atoms. The Balaban J connectivity index is 1.16. The lowest BCUT2D eigenvalue weighted by molar-refractivity contribution is 0.719.